The first kappa shape index (κ1) is 25.0. The SMILES string of the molecule is C/C=C(\NC)C1=CC=CC(NC(C)=O)C1.C=C1CNN=C1/C=C/C=C(C)\C=C\CC. The van der Waals surface area contributed by atoms with Gasteiger partial charge in [-0.25, -0.2) is 0 Å². The van der Waals surface area contributed by atoms with Crippen molar-refractivity contribution in [3.05, 3.63) is 83.7 Å². The van der Waals surface area contributed by atoms with Crippen molar-refractivity contribution in [3.63, 3.8) is 0 Å². The summed E-state index contributed by atoms with van der Waals surface area (Å²) in [6.07, 6.45) is 20.3. The highest BCUT2D eigenvalue weighted by Gasteiger charge is 2.13. The summed E-state index contributed by atoms with van der Waals surface area (Å²) in [5, 5.41) is 10.1. The second-order valence-corrected chi connectivity index (χ2v) is 7.06. The van der Waals surface area contributed by atoms with Gasteiger partial charge in [0.05, 0.1) is 18.3 Å². The standard InChI is InChI=1S/C13H18N2.C12H18N2O/c1-4-5-7-11(2)8-6-9-13-12(3)10-14-15-13;1-4-12(13-3)10-6-5-7-11(8-10)14-9(2)15/h5-9,14H,3-4,10H2,1-2H3;4-7,11,13H,8H2,1-3H3,(H,14,15)/b7-5+,9-6+,11-8-;12-4-. The molecule has 0 bridgehead atoms. The van der Waals surface area contributed by atoms with Gasteiger partial charge < -0.3 is 16.1 Å². The lowest BCUT2D eigenvalue weighted by molar-refractivity contribution is -0.119. The smallest absolute Gasteiger partial charge is 0.217 e. The molecular weight excluding hydrogens is 372 g/mol. The molecule has 2 rings (SSSR count). The first-order valence-electron chi connectivity index (χ1n) is 10.4. The Balaban J connectivity index is 0.000000300. The Morgan fingerprint density at radius 2 is 2.17 bits per heavy atom. The van der Waals surface area contributed by atoms with E-state index in [9.17, 15) is 4.79 Å². The molecule has 2 aliphatic rings. The number of amides is 1. The molecule has 1 aliphatic carbocycles. The van der Waals surface area contributed by atoms with Gasteiger partial charge in [0.25, 0.3) is 0 Å². The molecule has 0 aromatic rings. The number of allylic oxidation sites excluding steroid dienone is 10. The molecule has 30 heavy (non-hydrogen) atoms. The van der Waals surface area contributed by atoms with Crippen molar-refractivity contribution in [2.24, 2.45) is 5.10 Å². The highest BCUT2D eigenvalue weighted by Crippen LogP contribution is 2.18. The van der Waals surface area contributed by atoms with E-state index in [1.165, 1.54) is 11.1 Å². The van der Waals surface area contributed by atoms with Crippen molar-refractivity contribution in [3.8, 4) is 0 Å². The number of carbonyl (C=O) groups excluding carboxylic acids is 1. The highest BCUT2D eigenvalue weighted by atomic mass is 16.1. The lowest BCUT2D eigenvalue weighted by atomic mass is 9.97. The molecule has 0 saturated carbocycles. The van der Waals surface area contributed by atoms with Crippen LogP contribution in [0.2, 0.25) is 0 Å². The topological polar surface area (TPSA) is 65.5 Å². The third-order valence-corrected chi connectivity index (χ3v) is 4.46. The number of hydrogen-bond acceptors (Lipinski definition) is 4. The van der Waals surface area contributed by atoms with Gasteiger partial charge in [0, 0.05) is 19.7 Å². The van der Waals surface area contributed by atoms with Crippen LogP contribution in [-0.2, 0) is 4.79 Å². The quantitative estimate of drug-likeness (QED) is 0.545. The van der Waals surface area contributed by atoms with Crippen LogP contribution >= 0.6 is 0 Å². The van der Waals surface area contributed by atoms with Gasteiger partial charge in [0.1, 0.15) is 0 Å². The van der Waals surface area contributed by atoms with Crippen molar-refractivity contribution >= 4 is 11.6 Å². The molecule has 0 saturated heterocycles. The van der Waals surface area contributed by atoms with E-state index in [1.807, 2.05) is 44.4 Å². The Bertz CT molecular complexity index is 807. The van der Waals surface area contributed by atoms with Crippen molar-refractivity contribution < 1.29 is 4.79 Å². The lowest BCUT2D eigenvalue weighted by Gasteiger charge is -2.20. The molecule has 3 N–H and O–H groups in total. The fraction of sp³-hybridized carbons (Fsp3) is 0.360. The molecule has 0 fully saturated rings. The summed E-state index contributed by atoms with van der Waals surface area (Å²) in [5.74, 6) is 0.0115. The van der Waals surface area contributed by atoms with Crippen LogP contribution in [-0.4, -0.2) is 31.3 Å². The number of carbonyl (C=O) groups is 1. The first-order valence-corrected chi connectivity index (χ1v) is 10.4. The zero-order valence-corrected chi connectivity index (χ0v) is 19.0. The predicted octanol–water partition coefficient (Wildman–Crippen LogP) is 4.47. The van der Waals surface area contributed by atoms with Gasteiger partial charge in [0.2, 0.25) is 5.91 Å². The van der Waals surface area contributed by atoms with Crippen molar-refractivity contribution in [1.82, 2.24) is 16.1 Å². The molecule has 0 aromatic carbocycles. The van der Waals surface area contributed by atoms with Crippen LogP contribution in [0.15, 0.2) is 88.8 Å². The average Bonchev–Trinajstić information content (AvgIpc) is 3.12. The molecule has 1 atom stereocenters. The average molecular weight is 409 g/mol. The number of nitrogens with zero attached hydrogens (tertiary/aromatic N) is 1. The van der Waals surface area contributed by atoms with Crippen LogP contribution in [0.1, 0.15) is 40.5 Å². The van der Waals surface area contributed by atoms with Crippen molar-refractivity contribution in [1.29, 1.82) is 0 Å². The van der Waals surface area contributed by atoms with Gasteiger partial charge >= 0.3 is 0 Å². The van der Waals surface area contributed by atoms with E-state index >= 15 is 0 Å². The Morgan fingerprint density at radius 1 is 1.40 bits per heavy atom. The number of likely N-dealkylation sites (N-methyl/N-ethyl adjacent to an activating group) is 1. The van der Waals surface area contributed by atoms with E-state index in [0.717, 1.165) is 36.4 Å². The van der Waals surface area contributed by atoms with E-state index in [0.29, 0.717) is 0 Å². The zero-order chi connectivity index (χ0) is 22.4. The molecule has 162 valence electrons. The lowest BCUT2D eigenvalue weighted by Crippen LogP contribution is -2.33. The summed E-state index contributed by atoms with van der Waals surface area (Å²) in [5.41, 5.74) is 8.47. The summed E-state index contributed by atoms with van der Waals surface area (Å²) in [7, 11) is 1.90. The number of hydrazone groups is 1. The van der Waals surface area contributed by atoms with E-state index in [4.69, 9.17) is 0 Å². The Hall–Kier alpha value is -3.08. The van der Waals surface area contributed by atoms with Crippen molar-refractivity contribution in [2.75, 3.05) is 13.6 Å². The minimum Gasteiger partial charge on any atom is -0.388 e. The van der Waals surface area contributed by atoms with Crippen LogP contribution in [0.5, 0.6) is 0 Å². The molecule has 5 nitrogen and oxygen atoms in total. The minimum atomic E-state index is 0.0115. The maximum Gasteiger partial charge on any atom is 0.217 e. The highest BCUT2D eigenvalue weighted by molar-refractivity contribution is 6.09. The van der Waals surface area contributed by atoms with E-state index < -0.39 is 0 Å². The molecule has 0 spiro atoms. The minimum absolute atomic E-state index is 0.0115. The zero-order valence-electron chi connectivity index (χ0n) is 19.0. The third kappa shape index (κ3) is 9.41. The Labute approximate surface area is 181 Å². The molecule has 1 heterocycles. The normalized spacial score (nSPS) is 19.2. The monoisotopic (exact) mass is 408 g/mol. The van der Waals surface area contributed by atoms with Gasteiger partial charge in [-0.1, -0.05) is 67.7 Å². The third-order valence-electron chi connectivity index (χ3n) is 4.46. The predicted molar refractivity (Wildman–Crippen MR) is 129 cm³/mol. The summed E-state index contributed by atoms with van der Waals surface area (Å²) in [4.78, 5) is 10.9. The van der Waals surface area contributed by atoms with Gasteiger partial charge in [-0.3, -0.25) is 4.79 Å². The summed E-state index contributed by atoms with van der Waals surface area (Å²) >= 11 is 0. The van der Waals surface area contributed by atoms with Gasteiger partial charge in [-0.2, -0.15) is 5.10 Å². The molecular formula is C25H36N4O. The van der Waals surface area contributed by atoms with E-state index in [2.05, 4.69) is 65.9 Å². The van der Waals surface area contributed by atoms with Crippen LogP contribution in [0.4, 0.5) is 0 Å². The van der Waals surface area contributed by atoms with Gasteiger partial charge in [-0.15, -0.1) is 0 Å². The molecule has 1 amide bonds. The van der Waals surface area contributed by atoms with Crippen LogP contribution in [0.3, 0.4) is 0 Å². The van der Waals surface area contributed by atoms with E-state index in [-0.39, 0.29) is 11.9 Å². The van der Waals surface area contributed by atoms with Gasteiger partial charge in [-0.05, 0) is 43.9 Å². The van der Waals surface area contributed by atoms with Gasteiger partial charge in [0.15, 0.2) is 0 Å². The van der Waals surface area contributed by atoms with Crippen LogP contribution < -0.4 is 16.1 Å². The second kappa shape index (κ2) is 14.0. The molecule has 0 radical (unpaired) electrons. The van der Waals surface area contributed by atoms with Crippen LogP contribution in [0.25, 0.3) is 0 Å². The maximum absolute atomic E-state index is 10.9. The number of rotatable bonds is 7. The van der Waals surface area contributed by atoms with E-state index in [1.54, 1.807) is 6.92 Å². The summed E-state index contributed by atoms with van der Waals surface area (Å²) in [6, 6.07) is 0.116. The van der Waals surface area contributed by atoms with Crippen molar-refractivity contribution in [2.45, 2.75) is 46.6 Å². The number of nitrogens with one attached hydrogen (secondary N) is 3. The second-order valence-electron chi connectivity index (χ2n) is 7.06. The first-order chi connectivity index (χ1) is 14.4. The number of hydrogen-bond donors (Lipinski definition) is 3. The Kier molecular flexibility index (Phi) is 11.6. The molecule has 1 aliphatic heterocycles. The fourth-order valence-electron chi connectivity index (χ4n) is 2.92. The maximum atomic E-state index is 10.9. The molecule has 1 unspecified atom stereocenters. The largest absolute Gasteiger partial charge is 0.388 e. The summed E-state index contributed by atoms with van der Waals surface area (Å²) in [6.45, 7) is 12.4. The van der Waals surface area contributed by atoms with Crippen LogP contribution in [0, 0.1) is 0 Å². The molecule has 0 aromatic heterocycles. The Morgan fingerprint density at radius 3 is 2.73 bits per heavy atom. The fourth-order valence-corrected chi connectivity index (χ4v) is 2.92. The molecule has 5 heteroatoms. The summed E-state index contributed by atoms with van der Waals surface area (Å²) < 4.78 is 0.